The maximum absolute atomic E-state index is 12.5. The molecule has 1 aromatic heterocycles. The number of benzene rings is 1. The summed E-state index contributed by atoms with van der Waals surface area (Å²) in [5, 5.41) is 0. The van der Waals surface area contributed by atoms with E-state index in [1.54, 1.807) is 24.1 Å². The van der Waals surface area contributed by atoms with Gasteiger partial charge in [0.25, 0.3) is 5.91 Å². The van der Waals surface area contributed by atoms with Gasteiger partial charge in [0, 0.05) is 12.2 Å². The quantitative estimate of drug-likeness (QED) is 0.842. The largest absolute Gasteiger partial charge is 0.497 e. The van der Waals surface area contributed by atoms with Crippen molar-refractivity contribution in [1.82, 2.24) is 0 Å². The lowest BCUT2D eigenvalue weighted by atomic mass is 9.93. The molecule has 1 unspecified atom stereocenters. The van der Waals surface area contributed by atoms with Gasteiger partial charge >= 0.3 is 0 Å². The first kappa shape index (κ1) is 12.8. The number of anilines is 1. The lowest BCUT2D eigenvalue weighted by Crippen LogP contribution is -2.39. The molecule has 104 valence electrons. The Hall–Kier alpha value is -2.23. The third-order valence-corrected chi connectivity index (χ3v) is 3.62. The number of rotatable bonds is 2. The third kappa shape index (κ3) is 2.18. The smallest absolute Gasteiger partial charge is 0.293 e. The minimum atomic E-state index is -0.0898. The number of methoxy groups -OCH3 is 1. The van der Waals surface area contributed by atoms with Gasteiger partial charge < -0.3 is 14.1 Å². The predicted molar refractivity (Wildman–Crippen MR) is 76.2 cm³/mol. The van der Waals surface area contributed by atoms with Crippen LogP contribution in [0.2, 0.25) is 0 Å². The molecule has 2 aromatic rings. The summed E-state index contributed by atoms with van der Waals surface area (Å²) in [7, 11) is 1.65. The Kier molecular flexibility index (Phi) is 3.22. The van der Waals surface area contributed by atoms with Gasteiger partial charge in [-0.25, -0.2) is 0 Å². The number of ether oxygens (including phenoxy) is 1. The van der Waals surface area contributed by atoms with Crippen molar-refractivity contribution >= 4 is 11.6 Å². The molecule has 4 heteroatoms. The molecular formula is C16H17NO3. The van der Waals surface area contributed by atoms with Crippen LogP contribution >= 0.6 is 0 Å². The Morgan fingerprint density at radius 3 is 2.95 bits per heavy atom. The summed E-state index contributed by atoms with van der Waals surface area (Å²) in [6.45, 7) is 2.85. The highest BCUT2D eigenvalue weighted by molar-refractivity contribution is 6.05. The van der Waals surface area contributed by atoms with Gasteiger partial charge in [0.2, 0.25) is 0 Å². The van der Waals surface area contributed by atoms with Gasteiger partial charge in [-0.3, -0.25) is 4.79 Å². The highest BCUT2D eigenvalue weighted by atomic mass is 16.5. The van der Waals surface area contributed by atoms with Crippen molar-refractivity contribution in [3.63, 3.8) is 0 Å². The van der Waals surface area contributed by atoms with E-state index >= 15 is 0 Å². The van der Waals surface area contributed by atoms with E-state index < -0.39 is 0 Å². The zero-order valence-corrected chi connectivity index (χ0v) is 11.6. The lowest BCUT2D eigenvalue weighted by molar-refractivity contribution is 0.0954. The van der Waals surface area contributed by atoms with Crippen LogP contribution in [-0.2, 0) is 6.42 Å². The van der Waals surface area contributed by atoms with Gasteiger partial charge in [-0.2, -0.15) is 0 Å². The predicted octanol–water partition coefficient (Wildman–Crippen LogP) is 3.13. The average Bonchev–Trinajstić information content (AvgIpc) is 2.99. The lowest BCUT2D eigenvalue weighted by Gasteiger charge is -2.32. The molecule has 2 heterocycles. The second-order valence-corrected chi connectivity index (χ2v) is 5.20. The summed E-state index contributed by atoms with van der Waals surface area (Å²) >= 11 is 0. The van der Waals surface area contributed by atoms with Crippen LogP contribution in [0.5, 0.6) is 5.75 Å². The van der Waals surface area contributed by atoms with E-state index in [1.165, 1.54) is 6.26 Å². The maximum Gasteiger partial charge on any atom is 0.293 e. The first-order chi connectivity index (χ1) is 9.69. The summed E-state index contributed by atoms with van der Waals surface area (Å²) in [5.41, 5.74) is 2.09. The zero-order valence-electron chi connectivity index (χ0n) is 11.6. The molecule has 1 atom stereocenters. The second-order valence-electron chi connectivity index (χ2n) is 5.20. The molecule has 4 nitrogen and oxygen atoms in total. The fourth-order valence-electron chi connectivity index (χ4n) is 2.69. The number of hydrogen-bond acceptors (Lipinski definition) is 3. The highest BCUT2D eigenvalue weighted by Gasteiger charge is 2.28. The molecule has 1 aliphatic heterocycles. The van der Waals surface area contributed by atoms with Crippen LogP contribution in [0.1, 0.15) is 23.0 Å². The molecule has 0 saturated carbocycles. The Labute approximate surface area is 118 Å². The average molecular weight is 271 g/mol. The van der Waals surface area contributed by atoms with Crippen molar-refractivity contribution in [3.8, 4) is 5.75 Å². The summed E-state index contributed by atoms with van der Waals surface area (Å²) in [6.07, 6.45) is 2.48. The highest BCUT2D eigenvalue weighted by Crippen LogP contribution is 2.33. The minimum absolute atomic E-state index is 0.0898. The molecule has 0 fully saturated rings. The first-order valence-electron chi connectivity index (χ1n) is 6.71. The zero-order chi connectivity index (χ0) is 14.1. The van der Waals surface area contributed by atoms with Crippen molar-refractivity contribution in [3.05, 3.63) is 47.9 Å². The van der Waals surface area contributed by atoms with Crippen LogP contribution in [0, 0.1) is 5.92 Å². The number of fused-ring (bicyclic) bond motifs is 1. The molecule has 3 rings (SSSR count). The van der Waals surface area contributed by atoms with Crippen molar-refractivity contribution in [2.45, 2.75) is 13.3 Å². The minimum Gasteiger partial charge on any atom is -0.497 e. The molecule has 0 aliphatic carbocycles. The Bertz CT molecular complexity index is 619. The van der Waals surface area contributed by atoms with Crippen LogP contribution in [0.3, 0.4) is 0 Å². The van der Waals surface area contributed by atoms with E-state index in [1.807, 2.05) is 18.2 Å². The van der Waals surface area contributed by atoms with Gasteiger partial charge in [-0.05, 0) is 48.2 Å². The standard InChI is InChI=1S/C16H17NO3/c1-11-8-12-9-13(19-2)5-6-14(12)17(10-11)16(18)15-4-3-7-20-15/h3-7,9,11H,8,10H2,1-2H3. The van der Waals surface area contributed by atoms with Crippen molar-refractivity contribution < 1.29 is 13.9 Å². The molecule has 1 aromatic carbocycles. The molecule has 0 saturated heterocycles. The normalized spacial score (nSPS) is 17.7. The second kappa shape index (κ2) is 5.04. The van der Waals surface area contributed by atoms with Crippen LogP contribution in [0.4, 0.5) is 5.69 Å². The molecule has 0 bridgehead atoms. The summed E-state index contributed by atoms with van der Waals surface area (Å²) < 4.78 is 10.5. The molecule has 1 aliphatic rings. The Morgan fingerprint density at radius 1 is 1.40 bits per heavy atom. The molecule has 0 N–H and O–H groups in total. The van der Waals surface area contributed by atoms with E-state index in [-0.39, 0.29) is 5.91 Å². The van der Waals surface area contributed by atoms with Crippen LogP contribution in [0.25, 0.3) is 0 Å². The maximum atomic E-state index is 12.5. The van der Waals surface area contributed by atoms with Gasteiger partial charge in [0.05, 0.1) is 13.4 Å². The monoisotopic (exact) mass is 271 g/mol. The number of nitrogens with zero attached hydrogens (tertiary/aromatic N) is 1. The molecule has 0 radical (unpaired) electrons. The number of furan rings is 1. The fourth-order valence-corrected chi connectivity index (χ4v) is 2.69. The van der Waals surface area contributed by atoms with E-state index in [0.717, 1.165) is 23.4 Å². The third-order valence-electron chi connectivity index (χ3n) is 3.62. The van der Waals surface area contributed by atoms with E-state index in [0.29, 0.717) is 18.2 Å². The van der Waals surface area contributed by atoms with E-state index in [2.05, 4.69) is 6.92 Å². The van der Waals surface area contributed by atoms with Gasteiger partial charge in [0.15, 0.2) is 5.76 Å². The Morgan fingerprint density at radius 2 is 2.25 bits per heavy atom. The van der Waals surface area contributed by atoms with Crippen LogP contribution in [-0.4, -0.2) is 19.6 Å². The summed E-state index contributed by atoms with van der Waals surface area (Å²) in [6, 6.07) is 9.27. The number of hydrogen-bond donors (Lipinski definition) is 0. The topological polar surface area (TPSA) is 42.7 Å². The molecule has 1 amide bonds. The van der Waals surface area contributed by atoms with Crippen LogP contribution < -0.4 is 9.64 Å². The summed E-state index contributed by atoms with van der Waals surface area (Å²) in [5.74, 6) is 1.52. The molecule has 20 heavy (non-hydrogen) atoms. The molecule has 0 spiro atoms. The van der Waals surface area contributed by atoms with Gasteiger partial charge in [-0.1, -0.05) is 6.92 Å². The molecular weight excluding hydrogens is 254 g/mol. The van der Waals surface area contributed by atoms with E-state index in [9.17, 15) is 4.79 Å². The summed E-state index contributed by atoms with van der Waals surface area (Å²) in [4.78, 5) is 14.3. The van der Waals surface area contributed by atoms with Gasteiger partial charge in [-0.15, -0.1) is 0 Å². The number of carbonyl (C=O) groups is 1. The van der Waals surface area contributed by atoms with Gasteiger partial charge in [0.1, 0.15) is 5.75 Å². The van der Waals surface area contributed by atoms with Crippen LogP contribution in [0.15, 0.2) is 41.0 Å². The van der Waals surface area contributed by atoms with Crippen molar-refractivity contribution in [2.75, 3.05) is 18.6 Å². The SMILES string of the molecule is COc1ccc2c(c1)CC(C)CN2C(=O)c1ccco1. The Balaban J connectivity index is 2.00. The van der Waals surface area contributed by atoms with E-state index in [4.69, 9.17) is 9.15 Å². The fraction of sp³-hybridized carbons (Fsp3) is 0.312. The van der Waals surface area contributed by atoms with Crippen molar-refractivity contribution in [2.24, 2.45) is 5.92 Å². The number of carbonyl (C=O) groups excluding carboxylic acids is 1. The van der Waals surface area contributed by atoms with Crippen molar-refractivity contribution in [1.29, 1.82) is 0 Å². The first-order valence-corrected chi connectivity index (χ1v) is 6.71. The number of amides is 1.